The molecule has 0 spiro atoms. The van der Waals surface area contributed by atoms with Crippen LogP contribution in [0.2, 0.25) is 5.02 Å². The number of fused-ring (bicyclic) bond motifs is 1. The van der Waals surface area contributed by atoms with E-state index < -0.39 is 0 Å². The van der Waals surface area contributed by atoms with Crippen molar-refractivity contribution in [3.63, 3.8) is 0 Å². The lowest BCUT2D eigenvalue weighted by atomic mass is 10.2. The van der Waals surface area contributed by atoms with Crippen LogP contribution in [0, 0.1) is 0 Å². The molecule has 2 heterocycles. The molecule has 0 unspecified atom stereocenters. The van der Waals surface area contributed by atoms with Crippen LogP contribution in [0.1, 0.15) is 23.2 Å². The molecule has 0 bridgehead atoms. The molecule has 140 valence electrons. The average molecular weight is 404 g/mol. The normalized spacial score (nSPS) is 14.9. The number of thiocarbonyl (C=S) groups is 1. The maximum atomic E-state index is 12.4. The number of carbonyl (C=O) groups excluding carboxylic acids is 1. The van der Waals surface area contributed by atoms with Crippen molar-refractivity contribution in [3.8, 4) is 11.5 Å². The predicted octanol–water partition coefficient (Wildman–Crippen LogP) is 3.80. The second-order valence-electron chi connectivity index (χ2n) is 6.34. The Hall–Kier alpha value is -2.51. The minimum atomic E-state index is -0.328. The van der Waals surface area contributed by atoms with Crippen LogP contribution in [-0.2, 0) is 0 Å². The molecule has 0 atom stereocenters. The van der Waals surface area contributed by atoms with Crippen molar-refractivity contribution in [2.45, 2.75) is 12.8 Å². The number of halogens is 1. The summed E-state index contributed by atoms with van der Waals surface area (Å²) in [5.41, 5.74) is 2.18. The minimum Gasteiger partial charge on any atom is -0.454 e. The molecule has 0 aliphatic carbocycles. The number of anilines is 2. The molecule has 0 radical (unpaired) electrons. The number of hydrogen-bond acceptors (Lipinski definition) is 5. The molecule has 1 amide bonds. The number of ether oxygens (including phenoxy) is 2. The van der Waals surface area contributed by atoms with Crippen LogP contribution in [0.4, 0.5) is 11.4 Å². The summed E-state index contributed by atoms with van der Waals surface area (Å²) in [5, 5.41) is 6.51. The maximum absolute atomic E-state index is 12.4. The van der Waals surface area contributed by atoms with E-state index in [1.165, 1.54) is 12.8 Å². The molecule has 2 aliphatic rings. The molecule has 0 aromatic heterocycles. The molecule has 4 rings (SSSR count). The van der Waals surface area contributed by atoms with Gasteiger partial charge in [-0.3, -0.25) is 10.1 Å². The maximum Gasteiger partial charge on any atom is 0.257 e. The Kier molecular flexibility index (Phi) is 5.05. The molecule has 2 aromatic carbocycles. The zero-order valence-electron chi connectivity index (χ0n) is 14.5. The van der Waals surface area contributed by atoms with Crippen molar-refractivity contribution in [3.05, 3.63) is 47.0 Å². The van der Waals surface area contributed by atoms with E-state index in [0.717, 1.165) is 24.5 Å². The van der Waals surface area contributed by atoms with Crippen LogP contribution >= 0.6 is 23.8 Å². The molecule has 2 aromatic rings. The van der Waals surface area contributed by atoms with E-state index in [9.17, 15) is 4.79 Å². The first-order valence-electron chi connectivity index (χ1n) is 8.66. The van der Waals surface area contributed by atoms with Gasteiger partial charge in [-0.1, -0.05) is 11.6 Å². The fourth-order valence-corrected chi connectivity index (χ4v) is 3.69. The lowest BCUT2D eigenvalue weighted by molar-refractivity contribution is 0.0977. The monoisotopic (exact) mass is 403 g/mol. The van der Waals surface area contributed by atoms with E-state index in [1.807, 2.05) is 18.2 Å². The number of hydrogen-bond donors (Lipinski definition) is 2. The van der Waals surface area contributed by atoms with Crippen molar-refractivity contribution in [1.82, 2.24) is 5.32 Å². The van der Waals surface area contributed by atoms with Gasteiger partial charge in [0.05, 0.1) is 10.7 Å². The van der Waals surface area contributed by atoms with E-state index in [4.69, 9.17) is 33.3 Å². The van der Waals surface area contributed by atoms with Crippen LogP contribution in [0.5, 0.6) is 11.5 Å². The van der Waals surface area contributed by atoms with Crippen molar-refractivity contribution in [2.75, 3.05) is 30.1 Å². The van der Waals surface area contributed by atoms with Gasteiger partial charge in [0, 0.05) is 24.3 Å². The lowest BCUT2D eigenvalue weighted by Gasteiger charge is -2.20. The fraction of sp³-hybridized carbons (Fsp3) is 0.263. The molecule has 8 heteroatoms. The highest BCUT2D eigenvalue weighted by Crippen LogP contribution is 2.33. The molecule has 0 saturated carbocycles. The first kappa shape index (κ1) is 17.9. The fourth-order valence-electron chi connectivity index (χ4n) is 3.17. The average Bonchev–Trinajstić information content (AvgIpc) is 3.32. The van der Waals surface area contributed by atoms with Crippen LogP contribution in [0.15, 0.2) is 36.4 Å². The molecule has 2 aliphatic heterocycles. The van der Waals surface area contributed by atoms with Gasteiger partial charge >= 0.3 is 0 Å². The topological polar surface area (TPSA) is 62.8 Å². The third-order valence-electron chi connectivity index (χ3n) is 4.51. The third-order valence-corrected chi connectivity index (χ3v) is 5.02. The van der Waals surface area contributed by atoms with Gasteiger partial charge in [0.15, 0.2) is 16.6 Å². The van der Waals surface area contributed by atoms with Gasteiger partial charge in [-0.25, -0.2) is 0 Å². The highest BCUT2D eigenvalue weighted by Gasteiger charge is 2.18. The van der Waals surface area contributed by atoms with Gasteiger partial charge in [-0.2, -0.15) is 0 Å². The van der Waals surface area contributed by atoms with Crippen LogP contribution < -0.4 is 25.0 Å². The molecular weight excluding hydrogens is 386 g/mol. The quantitative estimate of drug-likeness (QED) is 0.760. The summed E-state index contributed by atoms with van der Waals surface area (Å²) in [6, 6.07) is 10.7. The van der Waals surface area contributed by atoms with Gasteiger partial charge in [0.2, 0.25) is 6.79 Å². The van der Waals surface area contributed by atoms with E-state index in [1.54, 1.807) is 18.2 Å². The number of amides is 1. The zero-order valence-corrected chi connectivity index (χ0v) is 16.0. The summed E-state index contributed by atoms with van der Waals surface area (Å²) < 4.78 is 10.5. The minimum absolute atomic E-state index is 0.161. The van der Waals surface area contributed by atoms with Crippen LogP contribution in [-0.4, -0.2) is 30.9 Å². The molecule has 1 saturated heterocycles. The lowest BCUT2D eigenvalue weighted by Crippen LogP contribution is -2.34. The van der Waals surface area contributed by atoms with Crippen molar-refractivity contribution < 1.29 is 14.3 Å². The Morgan fingerprint density at radius 1 is 1.07 bits per heavy atom. The van der Waals surface area contributed by atoms with Gasteiger partial charge in [0.1, 0.15) is 0 Å². The Balaban J connectivity index is 1.39. The Bertz CT molecular complexity index is 900. The highest BCUT2D eigenvalue weighted by molar-refractivity contribution is 7.80. The van der Waals surface area contributed by atoms with E-state index in [2.05, 4.69) is 15.5 Å². The second-order valence-corrected chi connectivity index (χ2v) is 7.15. The molecule has 27 heavy (non-hydrogen) atoms. The number of nitrogens with zero attached hydrogens (tertiary/aromatic N) is 1. The van der Waals surface area contributed by atoms with E-state index >= 15 is 0 Å². The Morgan fingerprint density at radius 2 is 1.85 bits per heavy atom. The van der Waals surface area contributed by atoms with E-state index in [-0.39, 0.29) is 17.8 Å². The summed E-state index contributed by atoms with van der Waals surface area (Å²) in [6.45, 7) is 2.21. The zero-order chi connectivity index (χ0) is 18.8. The molecule has 1 fully saturated rings. The van der Waals surface area contributed by atoms with Gasteiger partial charge in [-0.05, 0) is 61.5 Å². The van der Waals surface area contributed by atoms with Crippen LogP contribution in [0.25, 0.3) is 0 Å². The van der Waals surface area contributed by atoms with Gasteiger partial charge in [0.25, 0.3) is 5.91 Å². The number of benzene rings is 2. The third kappa shape index (κ3) is 3.94. The van der Waals surface area contributed by atoms with E-state index in [0.29, 0.717) is 22.1 Å². The smallest absolute Gasteiger partial charge is 0.257 e. The standard InChI is InChI=1S/C19H18ClN3O3S/c20-14-10-13(4-5-15(14)23-7-1-2-8-23)21-19(27)22-18(24)12-3-6-16-17(9-12)26-11-25-16/h3-6,9-10H,1-2,7-8,11H2,(H2,21,22,24,27). The molecule has 2 N–H and O–H groups in total. The first-order valence-corrected chi connectivity index (χ1v) is 9.45. The first-order chi connectivity index (χ1) is 13.1. The predicted molar refractivity (Wildman–Crippen MR) is 109 cm³/mol. The summed E-state index contributed by atoms with van der Waals surface area (Å²) in [6.07, 6.45) is 2.37. The number of rotatable bonds is 3. The second kappa shape index (κ2) is 7.62. The van der Waals surface area contributed by atoms with Gasteiger partial charge < -0.3 is 19.7 Å². The summed E-state index contributed by atoms with van der Waals surface area (Å²) in [5.74, 6) is 0.844. The molecular formula is C19H18ClN3O3S. The van der Waals surface area contributed by atoms with Crippen molar-refractivity contribution in [1.29, 1.82) is 0 Å². The largest absolute Gasteiger partial charge is 0.454 e. The number of nitrogens with one attached hydrogen (secondary N) is 2. The Labute approximate surface area is 167 Å². The molecule has 6 nitrogen and oxygen atoms in total. The summed E-state index contributed by atoms with van der Waals surface area (Å²) in [7, 11) is 0. The van der Waals surface area contributed by atoms with Crippen LogP contribution in [0.3, 0.4) is 0 Å². The van der Waals surface area contributed by atoms with Crippen molar-refractivity contribution in [2.24, 2.45) is 0 Å². The van der Waals surface area contributed by atoms with Crippen molar-refractivity contribution >= 4 is 46.2 Å². The summed E-state index contributed by atoms with van der Waals surface area (Å²) in [4.78, 5) is 14.6. The summed E-state index contributed by atoms with van der Waals surface area (Å²) >= 11 is 11.7. The number of carbonyl (C=O) groups is 1. The Morgan fingerprint density at radius 3 is 2.63 bits per heavy atom. The SMILES string of the molecule is O=C(NC(=S)Nc1ccc(N2CCCC2)c(Cl)c1)c1ccc2c(c1)OCO2. The van der Waals surface area contributed by atoms with Gasteiger partial charge in [-0.15, -0.1) is 0 Å². The highest BCUT2D eigenvalue weighted by atomic mass is 35.5.